The third kappa shape index (κ3) is 3.45. The fourth-order valence-corrected chi connectivity index (χ4v) is 3.12. The van der Waals surface area contributed by atoms with Crippen LogP contribution in [0.5, 0.6) is 0 Å². The number of rotatable bonds is 6. The highest BCUT2D eigenvalue weighted by Crippen LogP contribution is 2.23. The zero-order valence-electron chi connectivity index (χ0n) is 12.8. The highest BCUT2D eigenvalue weighted by molar-refractivity contribution is 6.30. The molecule has 0 saturated heterocycles. The van der Waals surface area contributed by atoms with Crippen LogP contribution in [0, 0.1) is 0 Å². The van der Waals surface area contributed by atoms with E-state index >= 15 is 0 Å². The predicted octanol–water partition coefficient (Wildman–Crippen LogP) is 4.35. The molecule has 0 N–H and O–H groups in total. The average Bonchev–Trinajstić information content (AvgIpc) is 2.80. The quantitative estimate of drug-likeness (QED) is 0.584. The Bertz CT molecular complexity index is 707. The third-order valence-electron chi connectivity index (χ3n) is 4.11. The van der Waals surface area contributed by atoms with Gasteiger partial charge in [-0.1, -0.05) is 42.3 Å². The standard InChI is InChI=1S/C19H18ClNO2/c20-15-9-6-8-14(13-15)7-2-1-5-12-21-18(22)16-10-3-4-11-17(16)19(21)23/h3-4,6,8-11,13H,1-2,5,7,12H2. The topological polar surface area (TPSA) is 37.4 Å². The number of hydrogen-bond donors (Lipinski definition) is 0. The zero-order valence-corrected chi connectivity index (χ0v) is 13.6. The number of hydrogen-bond acceptors (Lipinski definition) is 2. The summed E-state index contributed by atoms with van der Waals surface area (Å²) in [4.78, 5) is 25.8. The van der Waals surface area contributed by atoms with Gasteiger partial charge in [0.1, 0.15) is 0 Å². The monoisotopic (exact) mass is 327 g/mol. The molecule has 3 rings (SSSR count). The van der Waals surface area contributed by atoms with Gasteiger partial charge >= 0.3 is 0 Å². The van der Waals surface area contributed by atoms with Crippen LogP contribution in [-0.2, 0) is 6.42 Å². The number of fused-ring (bicyclic) bond motifs is 1. The summed E-state index contributed by atoms with van der Waals surface area (Å²) in [5.41, 5.74) is 2.27. The number of aryl methyl sites for hydroxylation is 1. The summed E-state index contributed by atoms with van der Waals surface area (Å²) >= 11 is 5.97. The second kappa shape index (κ2) is 6.97. The van der Waals surface area contributed by atoms with Crippen molar-refractivity contribution in [2.24, 2.45) is 0 Å². The van der Waals surface area contributed by atoms with Crippen LogP contribution in [0.25, 0.3) is 0 Å². The number of unbranched alkanes of at least 4 members (excludes halogenated alkanes) is 2. The Balaban J connectivity index is 1.47. The lowest BCUT2D eigenvalue weighted by Gasteiger charge is -2.13. The van der Waals surface area contributed by atoms with Gasteiger partial charge in [-0.05, 0) is 49.1 Å². The van der Waals surface area contributed by atoms with E-state index in [0.29, 0.717) is 17.7 Å². The Labute approximate surface area is 140 Å². The number of nitrogens with zero attached hydrogens (tertiary/aromatic N) is 1. The van der Waals surface area contributed by atoms with Gasteiger partial charge in [-0.2, -0.15) is 0 Å². The van der Waals surface area contributed by atoms with Gasteiger partial charge in [0.2, 0.25) is 0 Å². The second-order valence-corrected chi connectivity index (χ2v) is 6.18. The van der Waals surface area contributed by atoms with Gasteiger partial charge in [-0.3, -0.25) is 14.5 Å². The first-order valence-corrected chi connectivity index (χ1v) is 8.24. The largest absolute Gasteiger partial charge is 0.274 e. The summed E-state index contributed by atoms with van der Waals surface area (Å²) in [6, 6.07) is 14.9. The van der Waals surface area contributed by atoms with Crippen LogP contribution in [0.1, 0.15) is 45.5 Å². The van der Waals surface area contributed by atoms with Crippen LogP contribution in [0.15, 0.2) is 48.5 Å². The van der Waals surface area contributed by atoms with Gasteiger partial charge in [0.25, 0.3) is 11.8 Å². The SMILES string of the molecule is O=C1c2ccccc2C(=O)N1CCCCCc1cccc(Cl)c1. The summed E-state index contributed by atoms with van der Waals surface area (Å²) in [6.07, 6.45) is 3.78. The van der Waals surface area contributed by atoms with Gasteiger partial charge in [0.15, 0.2) is 0 Å². The number of carbonyl (C=O) groups is 2. The van der Waals surface area contributed by atoms with E-state index in [1.807, 2.05) is 18.2 Å². The molecule has 2 aromatic carbocycles. The van der Waals surface area contributed by atoms with Crippen molar-refractivity contribution in [2.45, 2.75) is 25.7 Å². The number of amides is 2. The van der Waals surface area contributed by atoms with Crippen molar-refractivity contribution in [2.75, 3.05) is 6.54 Å². The molecule has 0 bridgehead atoms. The lowest BCUT2D eigenvalue weighted by atomic mass is 10.1. The maximum Gasteiger partial charge on any atom is 0.261 e. The molecule has 1 aliphatic rings. The third-order valence-corrected chi connectivity index (χ3v) is 4.35. The molecule has 0 atom stereocenters. The van der Waals surface area contributed by atoms with Crippen LogP contribution < -0.4 is 0 Å². The van der Waals surface area contributed by atoms with E-state index in [0.717, 1.165) is 30.7 Å². The molecule has 2 amide bonds. The van der Waals surface area contributed by atoms with Crippen molar-refractivity contribution in [3.8, 4) is 0 Å². The van der Waals surface area contributed by atoms with E-state index in [-0.39, 0.29) is 11.8 Å². The Morgan fingerprint density at radius 3 is 2.17 bits per heavy atom. The fraction of sp³-hybridized carbons (Fsp3) is 0.263. The minimum Gasteiger partial charge on any atom is -0.274 e. The molecule has 0 saturated carbocycles. The summed E-state index contributed by atoms with van der Waals surface area (Å²) < 4.78 is 0. The molecule has 4 heteroatoms. The predicted molar refractivity (Wildman–Crippen MR) is 90.8 cm³/mol. The van der Waals surface area contributed by atoms with E-state index in [1.54, 1.807) is 24.3 Å². The number of carbonyl (C=O) groups excluding carboxylic acids is 2. The van der Waals surface area contributed by atoms with E-state index < -0.39 is 0 Å². The summed E-state index contributed by atoms with van der Waals surface area (Å²) in [5, 5.41) is 0.758. The molecule has 0 radical (unpaired) electrons. The lowest BCUT2D eigenvalue weighted by molar-refractivity contribution is 0.0651. The number of halogens is 1. The minimum absolute atomic E-state index is 0.166. The molecule has 118 valence electrons. The van der Waals surface area contributed by atoms with Crippen LogP contribution >= 0.6 is 11.6 Å². The molecule has 1 heterocycles. The summed E-state index contributed by atoms with van der Waals surface area (Å²) in [7, 11) is 0. The fourth-order valence-electron chi connectivity index (χ4n) is 2.91. The van der Waals surface area contributed by atoms with Crippen molar-refractivity contribution in [1.29, 1.82) is 0 Å². The molecule has 0 aromatic heterocycles. The maximum atomic E-state index is 12.2. The molecule has 0 unspecified atom stereocenters. The normalized spacial score (nSPS) is 13.5. The molecule has 1 aliphatic heterocycles. The van der Waals surface area contributed by atoms with Crippen molar-refractivity contribution in [1.82, 2.24) is 4.90 Å². The molecule has 3 nitrogen and oxygen atoms in total. The second-order valence-electron chi connectivity index (χ2n) is 5.75. The lowest BCUT2D eigenvalue weighted by Crippen LogP contribution is -2.30. The number of imide groups is 1. The van der Waals surface area contributed by atoms with Gasteiger partial charge in [-0.15, -0.1) is 0 Å². The Kier molecular flexibility index (Phi) is 4.77. The Morgan fingerprint density at radius 2 is 1.52 bits per heavy atom. The van der Waals surface area contributed by atoms with Crippen LogP contribution in [0.4, 0.5) is 0 Å². The Morgan fingerprint density at radius 1 is 0.826 bits per heavy atom. The van der Waals surface area contributed by atoms with Crippen LogP contribution in [-0.4, -0.2) is 23.3 Å². The molecular formula is C19H18ClNO2. The maximum absolute atomic E-state index is 12.2. The smallest absolute Gasteiger partial charge is 0.261 e. The van der Waals surface area contributed by atoms with Gasteiger partial charge in [-0.25, -0.2) is 0 Å². The van der Waals surface area contributed by atoms with E-state index in [9.17, 15) is 9.59 Å². The van der Waals surface area contributed by atoms with E-state index in [2.05, 4.69) is 6.07 Å². The molecule has 0 aliphatic carbocycles. The van der Waals surface area contributed by atoms with Gasteiger partial charge < -0.3 is 0 Å². The minimum atomic E-state index is -0.166. The summed E-state index contributed by atoms with van der Waals surface area (Å²) in [6.45, 7) is 0.488. The van der Waals surface area contributed by atoms with E-state index in [4.69, 9.17) is 11.6 Å². The van der Waals surface area contributed by atoms with Gasteiger partial charge in [0, 0.05) is 11.6 Å². The van der Waals surface area contributed by atoms with Crippen LogP contribution in [0.2, 0.25) is 5.02 Å². The molecular weight excluding hydrogens is 310 g/mol. The molecule has 0 fully saturated rings. The highest BCUT2D eigenvalue weighted by Gasteiger charge is 2.34. The van der Waals surface area contributed by atoms with Crippen molar-refractivity contribution in [3.63, 3.8) is 0 Å². The van der Waals surface area contributed by atoms with Crippen molar-refractivity contribution in [3.05, 3.63) is 70.2 Å². The highest BCUT2D eigenvalue weighted by atomic mass is 35.5. The van der Waals surface area contributed by atoms with Crippen molar-refractivity contribution >= 4 is 23.4 Å². The summed E-state index contributed by atoms with van der Waals surface area (Å²) in [5.74, 6) is -0.333. The first kappa shape index (κ1) is 15.8. The molecule has 0 spiro atoms. The Hall–Kier alpha value is -2.13. The van der Waals surface area contributed by atoms with Crippen molar-refractivity contribution < 1.29 is 9.59 Å². The van der Waals surface area contributed by atoms with E-state index in [1.165, 1.54) is 10.5 Å². The first-order valence-electron chi connectivity index (χ1n) is 7.86. The molecule has 23 heavy (non-hydrogen) atoms. The average molecular weight is 328 g/mol. The zero-order chi connectivity index (χ0) is 16.2. The van der Waals surface area contributed by atoms with Crippen LogP contribution in [0.3, 0.4) is 0 Å². The first-order chi connectivity index (χ1) is 11.2. The van der Waals surface area contributed by atoms with Gasteiger partial charge in [0.05, 0.1) is 11.1 Å². The molecule has 2 aromatic rings. The number of benzene rings is 2.